The second-order valence-electron chi connectivity index (χ2n) is 4.16. The third kappa shape index (κ3) is 2.42. The van der Waals surface area contributed by atoms with Gasteiger partial charge < -0.3 is 5.32 Å². The van der Waals surface area contributed by atoms with E-state index in [1.807, 2.05) is 0 Å². The van der Waals surface area contributed by atoms with Crippen molar-refractivity contribution in [3.8, 4) is 10.4 Å². The quantitative estimate of drug-likeness (QED) is 0.893. The number of nitrogens with one attached hydrogen (secondary N) is 1. The molecule has 0 radical (unpaired) electrons. The van der Waals surface area contributed by atoms with Crippen LogP contribution in [0.5, 0.6) is 0 Å². The lowest BCUT2D eigenvalue weighted by atomic mass is 10.0. The number of nitrogens with zero attached hydrogens (tertiary/aromatic N) is 1. The first-order valence-electron chi connectivity index (χ1n) is 5.78. The average Bonchev–Trinajstić information content (AvgIpc) is 3.03. The molecule has 0 saturated carbocycles. The molecule has 2 aromatic rings. The molecule has 0 unspecified atom stereocenters. The van der Waals surface area contributed by atoms with Gasteiger partial charge in [-0.15, -0.1) is 23.7 Å². The van der Waals surface area contributed by atoms with Gasteiger partial charge in [0.25, 0.3) is 0 Å². The summed E-state index contributed by atoms with van der Waals surface area (Å²) in [5, 5.41) is 5.45. The second kappa shape index (κ2) is 5.55. The highest BCUT2D eigenvalue weighted by Gasteiger charge is 2.11. The van der Waals surface area contributed by atoms with E-state index in [4.69, 9.17) is 0 Å². The molecule has 18 heavy (non-hydrogen) atoms. The Labute approximate surface area is 117 Å². The van der Waals surface area contributed by atoms with Gasteiger partial charge in [-0.25, -0.2) is 0 Å². The van der Waals surface area contributed by atoms with Crippen LogP contribution in [0.1, 0.15) is 11.1 Å². The fourth-order valence-electron chi connectivity index (χ4n) is 2.05. The van der Waals surface area contributed by atoms with Crippen molar-refractivity contribution < 1.29 is 0 Å². The molecule has 0 aliphatic carbocycles. The largest absolute Gasteiger partial charge is 0.368 e. The van der Waals surface area contributed by atoms with Crippen LogP contribution >= 0.6 is 23.7 Å². The van der Waals surface area contributed by atoms with Gasteiger partial charge in [-0.2, -0.15) is 0 Å². The molecule has 1 aliphatic rings. The first kappa shape index (κ1) is 13.1. The zero-order chi connectivity index (χ0) is 11.7. The third-order valence-electron chi connectivity index (χ3n) is 2.97. The van der Waals surface area contributed by atoms with Gasteiger partial charge in [0.1, 0.15) is 5.84 Å². The minimum absolute atomic E-state index is 0. The number of hydrogen-bond acceptors (Lipinski definition) is 3. The molecular formula is C14H15ClN2S. The van der Waals surface area contributed by atoms with Gasteiger partial charge in [-0.1, -0.05) is 18.2 Å². The van der Waals surface area contributed by atoms with E-state index in [2.05, 4.69) is 52.9 Å². The van der Waals surface area contributed by atoms with E-state index < -0.39 is 0 Å². The summed E-state index contributed by atoms with van der Waals surface area (Å²) in [5.74, 6) is 1.04. The minimum Gasteiger partial charge on any atom is -0.368 e. The molecule has 0 bridgehead atoms. The van der Waals surface area contributed by atoms with Crippen molar-refractivity contribution >= 4 is 29.6 Å². The first-order valence-corrected chi connectivity index (χ1v) is 6.66. The molecular weight excluding hydrogens is 264 g/mol. The van der Waals surface area contributed by atoms with E-state index in [-0.39, 0.29) is 12.4 Å². The van der Waals surface area contributed by atoms with Gasteiger partial charge in [0.2, 0.25) is 0 Å². The molecule has 2 nitrogen and oxygen atoms in total. The van der Waals surface area contributed by atoms with Crippen molar-refractivity contribution in [2.75, 3.05) is 13.1 Å². The topological polar surface area (TPSA) is 24.4 Å². The number of hydrogen-bond donors (Lipinski definition) is 1. The standard InChI is InChI=1S/C14H14N2S.ClH/c1-10-4-5-11(13-3-2-8-17-13)9-12(10)14-15-6-7-16-14;/h2-5,8-9H,6-7H2,1H3,(H,15,16);1H. The van der Waals surface area contributed by atoms with E-state index in [9.17, 15) is 0 Å². The fourth-order valence-corrected chi connectivity index (χ4v) is 2.78. The van der Waals surface area contributed by atoms with E-state index in [0.717, 1.165) is 18.9 Å². The summed E-state index contributed by atoms with van der Waals surface area (Å²) in [6, 6.07) is 10.8. The fraction of sp³-hybridized carbons (Fsp3) is 0.214. The third-order valence-corrected chi connectivity index (χ3v) is 3.89. The van der Waals surface area contributed by atoms with Crippen LogP contribution in [0.25, 0.3) is 10.4 Å². The van der Waals surface area contributed by atoms with Gasteiger partial charge in [-0.05, 0) is 35.6 Å². The normalized spacial score (nSPS) is 13.7. The summed E-state index contributed by atoms with van der Waals surface area (Å²) >= 11 is 1.77. The molecule has 1 N–H and O–H groups in total. The lowest BCUT2D eigenvalue weighted by Gasteiger charge is -2.08. The molecule has 0 amide bonds. The van der Waals surface area contributed by atoms with Crippen molar-refractivity contribution in [2.45, 2.75) is 6.92 Å². The molecule has 1 aromatic heterocycles. The average molecular weight is 279 g/mol. The molecule has 94 valence electrons. The lowest BCUT2D eigenvalue weighted by Crippen LogP contribution is -2.20. The van der Waals surface area contributed by atoms with Crippen LogP contribution in [0.15, 0.2) is 40.7 Å². The monoisotopic (exact) mass is 278 g/mol. The number of amidine groups is 1. The Kier molecular flexibility index (Phi) is 4.04. The Morgan fingerprint density at radius 3 is 2.83 bits per heavy atom. The van der Waals surface area contributed by atoms with E-state index in [1.165, 1.54) is 21.6 Å². The number of rotatable bonds is 2. The summed E-state index contributed by atoms with van der Waals surface area (Å²) in [6.45, 7) is 3.98. The second-order valence-corrected chi connectivity index (χ2v) is 5.11. The summed E-state index contributed by atoms with van der Waals surface area (Å²) < 4.78 is 0. The number of halogens is 1. The molecule has 4 heteroatoms. The van der Waals surface area contributed by atoms with Gasteiger partial charge in [0.05, 0.1) is 6.54 Å². The van der Waals surface area contributed by atoms with Crippen LogP contribution in [0.4, 0.5) is 0 Å². The van der Waals surface area contributed by atoms with Crippen molar-refractivity contribution in [3.05, 3.63) is 46.8 Å². The summed E-state index contributed by atoms with van der Waals surface area (Å²) in [7, 11) is 0. The maximum atomic E-state index is 4.50. The predicted octanol–water partition coefficient (Wildman–Crippen LogP) is 3.50. The van der Waals surface area contributed by atoms with Crippen molar-refractivity contribution in [1.82, 2.24) is 5.32 Å². The van der Waals surface area contributed by atoms with E-state index in [1.54, 1.807) is 11.3 Å². The molecule has 0 fully saturated rings. The Morgan fingerprint density at radius 1 is 1.28 bits per heavy atom. The molecule has 2 heterocycles. The van der Waals surface area contributed by atoms with E-state index in [0.29, 0.717) is 0 Å². The molecule has 3 rings (SSSR count). The SMILES string of the molecule is Cc1ccc(-c2cccs2)cc1C1=NCCN1.Cl. The highest BCUT2D eigenvalue weighted by molar-refractivity contribution is 7.13. The summed E-state index contributed by atoms with van der Waals surface area (Å²) in [4.78, 5) is 5.81. The van der Waals surface area contributed by atoms with Crippen LogP contribution in [-0.2, 0) is 0 Å². The minimum atomic E-state index is 0. The maximum absolute atomic E-state index is 4.50. The Hall–Kier alpha value is -1.32. The summed E-state index contributed by atoms with van der Waals surface area (Å²) in [6.07, 6.45) is 0. The molecule has 0 saturated heterocycles. The smallest absolute Gasteiger partial charge is 0.128 e. The van der Waals surface area contributed by atoms with Gasteiger partial charge >= 0.3 is 0 Å². The van der Waals surface area contributed by atoms with Crippen LogP contribution in [0, 0.1) is 6.92 Å². The molecule has 1 aliphatic heterocycles. The van der Waals surface area contributed by atoms with Gasteiger partial charge in [0.15, 0.2) is 0 Å². The number of thiophene rings is 1. The number of aryl methyl sites for hydroxylation is 1. The molecule has 0 spiro atoms. The molecule has 1 aromatic carbocycles. The van der Waals surface area contributed by atoms with Crippen LogP contribution in [0.2, 0.25) is 0 Å². The number of benzene rings is 1. The van der Waals surface area contributed by atoms with Crippen molar-refractivity contribution in [3.63, 3.8) is 0 Å². The first-order chi connectivity index (χ1) is 8.34. The Balaban J connectivity index is 0.00000120. The van der Waals surface area contributed by atoms with Crippen molar-refractivity contribution in [2.24, 2.45) is 4.99 Å². The van der Waals surface area contributed by atoms with Crippen LogP contribution in [-0.4, -0.2) is 18.9 Å². The van der Waals surface area contributed by atoms with Gasteiger partial charge in [-0.3, -0.25) is 4.99 Å². The van der Waals surface area contributed by atoms with Gasteiger partial charge in [0, 0.05) is 17.0 Å². The Bertz CT molecular complexity index is 561. The Morgan fingerprint density at radius 2 is 2.17 bits per heavy atom. The highest BCUT2D eigenvalue weighted by Crippen LogP contribution is 2.26. The maximum Gasteiger partial charge on any atom is 0.128 e. The highest BCUT2D eigenvalue weighted by atomic mass is 35.5. The number of aliphatic imine (C=N–C) groups is 1. The predicted molar refractivity (Wildman–Crippen MR) is 81.1 cm³/mol. The zero-order valence-corrected chi connectivity index (χ0v) is 11.8. The zero-order valence-electron chi connectivity index (χ0n) is 10.1. The van der Waals surface area contributed by atoms with Crippen molar-refractivity contribution in [1.29, 1.82) is 0 Å². The van der Waals surface area contributed by atoms with E-state index >= 15 is 0 Å². The molecule has 0 atom stereocenters. The summed E-state index contributed by atoms with van der Waals surface area (Å²) in [5.41, 5.74) is 3.78. The van der Waals surface area contributed by atoms with Crippen LogP contribution < -0.4 is 5.32 Å². The van der Waals surface area contributed by atoms with Crippen LogP contribution in [0.3, 0.4) is 0 Å². The lowest BCUT2D eigenvalue weighted by molar-refractivity contribution is 0.959.